The van der Waals surface area contributed by atoms with Gasteiger partial charge in [-0.1, -0.05) is 48.5 Å². The van der Waals surface area contributed by atoms with E-state index in [4.69, 9.17) is 25.8 Å². The summed E-state index contributed by atoms with van der Waals surface area (Å²) in [5.41, 5.74) is 1.39. The number of esters is 2. The Hall–Kier alpha value is -4.37. The second-order valence-corrected chi connectivity index (χ2v) is 8.58. The molecule has 0 saturated heterocycles. The van der Waals surface area contributed by atoms with Crippen LogP contribution in [0.4, 0.5) is 10.5 Å². The Morgan fingerprint density at radius 3 is 2.15 bits per heavy atom. The third kappa shape index (κ3) is 8.86. The summed E-state index contributed by atoms with van der Waals surface area (Å²) in [4.78, 5) is 52.1. The Morgan fingerprint density at radius 1 is 0.897 bits per heavy atom. The molecule has 0 spiro atoms. The highest BCUT2D eigenvalue weighted by molar-refractivity contribution is 6.29. The van der Waals surface area contributed by atoms with Gasteiger partial charge in [-0.2, -0.15) is 0 Å². The molecule has 0 aliphatic carbocycles. The Balaban J connectivity index is 1.71. The first-order chi connectivity index (χ1) is 18.9. The minimum absolute atomic E-state index is 0.0640. The first-order valence-corrected chi connectivity index (χ1v) is 12.7. The van der Waals surface area contributed by atoms with Crippen molar-refractivity contribution in [2.45, 2.75) is 25.5 Å². The fourth-order valence-electron chi connectivity index (χ4n) is 3.71. The van der Waals surface area contributed by atoms with Crippen LogP contribution in [-0.2, 0) is 25.7 Å². The number of alkyl halides is 1. The van der Waals surface area contributed by atoms with Gasteiger partial charge >= 0.3 is 18.0 Å². The minimum atomic E-state index is -1.19. The number of ether oxygens (including phenoxy) is 3. The van der Waals surface area contributed by atoms with Crippen LogP contribution in [0.1, 0.15) is 28.8 Å². The van der Waals surface area contributed by atoms with Crippen LogP contribution in [0.2, 0.25) is 0 Å². The largest absolute Gasteiger partial charge is 0.497 e. The average Bonchev–Trinajstić information content (AvgIpc) is 2.98. The predicted molar refractivity (Wildman–Crippen MR) is 146 cm³/mol. The Morgan fingerprint density at radius 2 is 1.54 bits per heavy atom. The van der Waals surface area contributed by atoms with Gasteiger partial charge in [0, 0.05) is 12.2 Å². The number of nitrogens with one attached hydrogen (secondary N) is 1. The van der Waals surface area contributed by atoms with Crippen molar-refractivity contribution < 1.29 is 33.4 Å². The monoisotopic (exact) mass is 552 g/mol. The number of rotatable bonds is 12. The molecule has 0 bridgehead atoms. The van der Waals surface area contributed by atoms with Crippen molar-refractivity contribution in [2.24, 2.45) is 0 Å². The number of anilines is 1. The van der Waals surface area contributed by atoms with E-state index in [0.717, 1.165) is 5.56 Å². The van der Waals surface area contributed by atoms with Crippen molar-refractivity contribution >= 4 is 41.2 Å². The number of hydrogen-bond acceptors (Lipinski definition) is 7. The molecule has 0 radical (unpaired) electrons. The molecule has 0 saturated carbocycles. The lowest BCUT2D eigenvalue weighted by molar-refractivity contribution is -0.141. The number of methoxy groups -OCH3 is 1. The first-order valence-electron chi connectivity index (χ1n) is 12.2. The maximum Gasteiger partial charge on any atom is 0.407 e. The molecule has 9 nitrogen and oxygen atoms in total. The third-order valence-electron chi connectivity index (χ3n) is 5.66. The molecule has 0 aliphatic rings. The molecule has 0 fully saturated rings. The maximum absolute atomic E-state index is 13.3. The van der Waals surface area contributed by atoms with Crippen LogP contribution in [0.3, 0.4) is 0 Å². The predicted octanol–water partition coefficient (Wildman–Crippen LogP) is 4.73. The lowest BCUT2D eigenvalue weighted by Gasteiger charge is -2.30. The van der Waals surface area contributed by atoms with Gasteiger partial charge in [-0.15, -0.1) is 11.6 Å². The zero-order chi connectivity index (χ0) is 28.0. The van der Waals surface area contributed by atoms with Crippen molar-refractivity contribution in [2.75, 3.05) is 24.4 Å². The van der Waals surface area contributed by atoms with Gasteiger partial charge in [0.25, 0.3) is 0 Å². The van der Waals surface area contributed by atoms with Crippen LogP contribution in [0.25, 0.3) is 0 Å². The number of halogens is 1. The number of carbonyl (C=O) groups excluding carboxylic acids is 4. The fraction of sp³-hybridized carbons (Fsp3) is 0.241. The summed E-state index contributed by atoms with van der Waals surface area (Å²) in [6.45, 7) is 0.258. The molecular weight excluding hydrogens is 524 g/mol. The molecule has 3 rings (SSSR count). The number of nitrogens with zero attached hydrogens (tertiary/aromatic N) is 1. The number of carbonyl (C=O) groups is 4. The van der Waals surface area contributed by atoms with Crippen LogP contribution in [0.5, 0.6) is 5.75 Å². The van der Waals surface area contributed by atoms with Gasteiger partial charge in [-0.25, -0.2) is 14.4 Å². The van der Waals surface area contributed by atoms with Gasteiger partial charge in [-0.3, -0.25) is 9.69 Å². The van der Waals surface area contributed by atoms with Crippen LogP contribution < -0.4 is 15.0 Å². The molecule has 0 aliphatic heterocycles. The lowest BCUT2D eigenvalue weighted by atomic mass is 10.1. The summed E-state index contributed by atoms with van der Waals surface area (Å²) < 4.78 is 15.5. The Bertz CT molecular complexity index is 1240. The summed E-state index contributed by atoms with van der Waals surface area (Å²) >= 11 is 5.89. The summed E-state index contributed by atoms with van der Waals surface area (Å²) in [5.74, 6) is -2.20. The zero-order valence-corrected chi connectivity index (χ0v) is 22.1. The number of benzene rings is 3. The molecular formula is C29H29ClN2O7. The molecule has 10 heteroatoms. The molecule has 2 amide bonds. The quantitative estimate of drug-likeness (QED) is 0.150. The van der Waals surface area contributed by atoms with Crippen molar-refractivity contribution in [3.63, 3.8) is 0 Å². The van der Waals surface area contributed by atoms with Crippen molar-refractivity contribution in [3.05, 3.63) is 96.1 Å². The van der Waals surface area contributed by atoms with E-state index >= 15 is 0 Å². The van der Waals surface area contributed by atoms with Gasteiger partial charge in [0.15, 0.2) is 0 Å². The maximum atomic E-state index is 13.3. The van der Waals surface area contributed by atoms with Gasteiger partial charge < -0.3 is 19.5 Å². The smallest absolute Gasteiger partial charge is 0.407 e. The fourth-order valence-corrected chi connectivity index (χ4v) is 3.84. The van der Waals surface area contributed by atoms with E-state index in [9.17, 15) is 19.2 Å². The van der Waals surface area contributed by atoms with Gasteiger partial charge in [0.2, 0.25) is 5.91 Å². The van der Waals surface area contributed by atoms with Crippen LogP contribution in [0, 0.1) is 0 Å². The number of alkyl carbamates (subject to hydrolysis) is 1. The molecule has 204 valence electrons. The third-order valence-corrected chi connectivity index (χ3v) is 5.89. The molecule has 1 atom stereocenters. The highest BCUT2D eigenvalue weighted by atomic mass is 35.5. The zero-order valence-electron chi connectivity index (χ0n) is 21.4. The highest BCUT2D eigenvalue weighted by Crippen LogP contribution is 2.24. The van der Waals surface area contributed by atoms with Crippen molar-refractivity contribution in [3.8, 4) is 5.75 Å². The molecule has 1 unspecified atom stereocenters. The minimum Gasteiger partial charge on any atom is -0.497 e. The second-order valence-electron chi connectivity index (χ2n) is 8.32. The summed E-state index contributed by atoms with van der Waals surface area (Å²) in [6, 6.07) is 22.5. The average molecular weight is 553 g/mol. The standard InChI is InChI=1S/C29H29ClN2O7/c1-37-24-16-14-23(15-17-24)32(26(33)19-30)25(28(35)39-27(34)22-11-6-3-7-12-22)13-8-18-31-29(36)38-20-21-9-4-2-5-10-21/h2-7,9-12,14-17,25H,8,13,18-20H2,1H3,(H,31,36). The van der Waals surface area contributed by atoms with Crippen molar-refractivity contribution in [1.29, 1.82) is 0 Å². The molecule has 0 heterocycles. The van der Waals surface area contributed by atoms with Gasteiger partial charge in [-0.05, 0) is 54.8 Å². The SMILES string of the molecule is COc1ccc(N(C(=O)CCl)C(CCCNC(=O)OCc2ccccc2)C(=O)OC(=O)c2ccccc2)cc1. The van der Waals surface area contributed by atoms with Gasteiger partial charge in [0.1, 0.15) is 24.3 Å². The Labute approximate surface area is 231 Å². The van der Waals surface area contributed by atoms with Crippen molar-refractivity contribution in [1.82, 2.24) is 5.32 Å². The Kier molecular flexibility index (Phi) is 11.3. The van der Waals surface area contributed by atoms with E-state index < -0.39 is 35.9 Å². The highest BCUT2D eigenvalue weighted by Gasteiger charge is 2.33. The molecule has 3 aromatic rings. The van der Waals surface area contributed by atoms with Crippen LogP contribution in [-0.4, -0.2) is 49.5 Å². The van der Waals surface area contributed by atoms with E-state index in [1.54, 1.807) is 42.5 Å². The van der Waals surface area contributed by atoms with E-state index in [1.807, 2.05) is 30.3 Å². The lowest BCUT2D eigenvalue weighted by Crippen LogP contribution is -2.47. The van der Waals surface area contributed by atoms with E-state index in [-0.39, 0.29) is 31.6 Å². The normalized spacial score (nSPS) is 11.1. The number of amides is 2. The van der Waals surface area contributed by atoms with Gasteiger partial charge in [0.05, 0.1) is 12.7 Å². The topological polar surface area (TPSA) is 111 Å². The summed E-state index contributed by atoms with van der Waals surface area (Å²) in [5, 5.41) is 2.62. The molecule has 1 N–H and O–H groups in total. The molecule has 39 heavy (non-hydrogen) atoms. The molecule has 0 aromatic heterocycles. The second kappa shape index (κ2) is 15.1. The van der Waals surface area contributed by atoms with E-state index in [0.29, 0.717) is 11.4 Å². The van der Waals surface area contributed by atoms with E-state index in [1.165, 1.54) is 24.1 Å². The first kappa shape index (κ1) is 29.2. The summed E-state index contributed by atoms with van der Waals surface area (Å²) in [6.07, 6.45) is -0.294. The van der Waals surface area contributed by atoms with Crippen LogP contribution >= 0.6 is 11.6 Å². The van der Waals surface area contributed by atoms with E-state index in [2.05, 4.69) is 5.32 Å². The molecule has 3 aromatic carbocycles. The number of hydrogen-bond donors (Lipinski definition) is 1. The van der Waals surface area contributed by atoms with Crippen LogP contribution in [0.15, 0.2) is 84.9 Å². The summed E-state index contributed by atoms with van der Waals surface area (Å²) in [7, 11) is 1.50.